The number of unbranched alkanes of at least 4 members (excludes halogenated alkanes) is 6. The molecule has 0 unspecified atom stereocenters. The Bertz CT molecular complexity index is 539. The fourth-order valence-corrected chi connectivity index (χ4v) is 2.03. The molecule has 1 aromatic heterocycles. The number of rotatable bonds is 11. The van der Waals surface area contributed by atoms with Crippen LogP contribution in [0.15, 0.2) is 30.5 Å². The number of nitrogens with zero attached hydrogens (tertiary/aromatic N) is 1. The van der Waals surface area contributed by atoms with E-state index in [-0.39, 0.29) is 19.5 Å². The second-order valence-corrected chi connectivity index (χ2v) is 6.30. The maximum atomic E-state index is 9.83. The number of carbonyl (C=O) groups excluding carboxylic acids is 2. The summed E-state index contributed by atoms with van der Waals surface area (Å²) in [7, 11) is 0. The first-order valence-corrected chi connectivity index (χ1v) is 10.1. The third kappa shape index (κ3) is 28.6. The van der Waals surface area contributed by atoms with Crippen LogP contribution in [-0.4, -0.2) is 21.9 Å². The molecule has 0 bridgehead atoms. The summed E-state index contributed by atoms with van der Waals surface area (Å²) in [6, 6.07) is 0. The van der Waals surface area contributed by atoms with E-state index in [0.29, 0.717) is 0 Å². The average Bonchev–Trinajstić information content (AvgIpc) is 3.07. The molecule has 0 aliphatic rings. The minimum atomic E-state index is -1.10. The van der Waals surface area contributed by atoms with Crippen molar-refractivity contribution in [3.8, 4) is 0 Å². The summed E-state index contributed by atoms with van der Waals surface area (Å²) in [5.74, 6) is -1.13. The quantitative estimate of drug-likeness (QED) is 0.312. The molecule has 0 saturated carbocycles. The molecule has 0 aliphatic heterocycles. The van der Waals surface area contributed by atoms with Gasteiger partial charge in [-0.15, -0.1) is 0 Å². The Balaban J connectivity index is -0.000000345. The number of aromatic nitrogens is 2. The molecule has 160 valence electrons. The van der Waals surface area contributed by atoms with E-state index >= 15 is 0 Å². The minimum Gasteiger partial charge on any atom is -0.545 e. The normalized spacial score (nSPS) is 9.93. The van der Waals surface area contributed by atoms with E-state index < -0.39 is 11.9 Å². The van der Waals surface area contributed by atoms with Gasteiger partial charge in [-0.05, 0) is 44.8 Å². The van der Waals surface area contributed by atoms with Crippen LogP contribution in [0.4, 0.5) is 0 Å². The van der Waals surface area contributed by atoms with Gasteiger partial charge < -0.3 is 24.8 Å². The number of aromatic amines is 1. The third-order valence-corrected chi connectivity index (χ3v) is 3.55. The Morgan fingerprint density at radius 3 is 1.62 bits per heavy atom. The molecule has 1 rings (SSSR count). The zero-order valence-electron chi connectivity index (χ0n) is 18.5. The number of H-pyrrole nitrogens is 1. The molecule has 1 N–H and O–H groups in total. The molecular formula is C22H36N2O4Zn. The van der Waals surface area contributed by atoms with Crippen molar-refractivity contribution >= 4 is 11.9 Å². The molecule has 0 spiro atoms. The Morgan fingerprint density at radius 1 is 0.931 bits per heavy atom. The molecule has 0 amide bonds. The smallest absolute Gasteiger partial charge is 0.545 e. The maximum absolute atomic E-state index is 9.83. The second-order valence-electron chi connectivity index (χ2n) is 6.30. The first-order valence-electron chi connectivity index (χ1n) is 10.1. The molecule has 0 aliphatic carbocycles. The number of nitrogens with one attached hydrogen (secondary N) is 1. The summed E-state index contributed by atoms with van der Waals surface area (Å²) in [6.07, 6.45) is 16.8. The monoisotopic (exact) mass is 456 g/mol. The number of hydrogen-bond donors (Lipinski definition) is 1. The first kappa shape index (κ1) is 31.9. The van der Waals surface area contributed by atoms with Crippen LogP contribution >= 0.6 is 0 Å². The molecule has 0 radical (unpaired) electrons. The van der Waals surface area contributed by atoms with Crippen molar-refractivity contribution in [3.63, 3.8) is 0 Å². The van der Waals surface area contributed by atoms with Gasteiger partial charge in [0, 0.05) is 18.3 Å². The molecule has 1 heterocycles. The van der Waals surface area contributed by atoms with Gasteiger partial charge in [-0.3, -0.25) is 0 Å². The molecule has 0 aromatic carbocycles. The van der Waals surface area contributed by atoms with E-state index in [1.54, 1.807) is 12.2 Å². The van der Waals surface area contributed by atoms with Gasteiger partial charge in [0.25, 0.3) is 0 Å². The molecule has 0 fully saturated rings. The van der Waals surface area contributed by atoms with Crippen LogP contribution in [0, 0.1) is 6.92 Å². The Hall–Kier alpha value is -1.75. The van der Waals surface area contributed by atoms with Crippen molar-refractivity contribution in [1.82, 2.24) is 9.97 Å². The standard InChI is InChI=1S/2C8H14O2.C6H10N2.Zn/c2*1-2-3-4-5-6-7-8(9)10;1-3-6-7-4-5(2)8-6;/h2*6-7H,2-5H2,1H3,(H,9,10);4H,3H2,1-2H3,(H,7,8);/q;;;+2/p-2. The molecule has 29 heavy (non-hydrogen) atoms. The van der Waals surface area contributed by atoms with E-state index in [1.165, 1.54) is 12.8 Å². The first-order chi connectivity index (χ1) is 13.4. The van der Waals surface area contributed by atoms with Crippen LogP contribution in [0.3, 0.4) is 0 Å². The summed E-state index contributed by atoms with van der Waals surface area (Å²) < 4.78 is 0. The van der Waals surface area contributed by atoms with Gasteiger partial charge in [0.2, 0.25) is 0 Å². The van der Waals surface area contributed by atoms with E-state index in [0.717, 1.165) is 68.6 Å². The number of aliphatic carboxylic acids is 2. The van der Waals surface area contributed by atoms with Crippen LogP contribution < -0.4 is 10.2 Å². The maximum Gasteiger partial charge on any atom is 2.00 e. The molecule has 0 atom stereocenters. The van der Waals surface area contributed by atoms with Gasteiger partial charge in [0.15, 0.2) is 0 Å². The summed E-state index contributed by atoms with van der Waals surface area (Å²) in [6.45, 7) is 8.31. The number of aryl methyl sites for hydroxylation is 2. The van der Waals surface area contributed by atoms with Gasteiger partial charge in [0.1, 0.15) is 5.82 Å². The third-order valence-electron chi connectivity index (χ3n) is 3.55. The van der Waals surface area contributed by atoms with E-state index in [9.17, 15) is 19.8 Å². The van der Waals surface area contributed by atoms with Crippen molar-refractivity contribution in [1.29, 1.82) is 0 Å². The summed E-state index contributed by atoms with van der Waals surface area (Å²) in [5, 5.41) is 19.7. The van der Waals surface area contributed by atoms with E-state index in [4.69, 9.17) is 0 Å². The fourth-order valence-electron chi connectivity index (χ4n) is 2.03. The van der Waals surface area contributed by atoms with Crippen LogP contribution in [0.25, 0.3) is 0 Å². The Morgan fingerprint density at radius 2 is 1.38 bits per heavy atom. The van der Waals surface area contributed by atoms with Crippen LogP contribution in [0.5, 0.6) is 0 Å². The van der Waals surface area contributed by atoms with Crippen molar-refractivity contribution < 1.29 is 39.3 Å². The second kappa shape index (κ2) is 24.3. The Kier molecular flexibility index (Phi) is 26.7. The van der Waals surface area contributed by atoms with Crippen molar-refractivity contribution in [2.45, 2.75) is 85.5 Å². The number of hydrogen-bond acceptors (Lipinski definition) is 5. The topological polar surface area (TPSA) is 109 Å². The summed E-state index contributed by atoms with van der Waals surface area (Å²) in [5.41, 5.74) is 1.14. The largest absolute Gasteiger partial charge is 2.00 e. The van der Waals surface area contributed by atoms with E-state index in [2.05, 4.69) is 30.7 Å². The summed E-state index contributed by atoms with van der Waals surface area (Å²) >= 11 is 0. The van der Waals surface area contributed by atoms with Crippen LogP contribution in [0.1, 0.15) is 83.7 Å². The number of imidazole rings is 1. The Labute approximate surface area is 188 Å². The van der Waals surface area contributed by atoms with Crippen molar-refractivity contribution in [2.24, 2.45) is 0 Å². The van der Waals surface area contributed by atoms with Crippen molar-refractivity contribution in [2.75, 3.05) is 0 Å². The predicted octanol–water partition coefficient (Wildman–Crippen LogP) is 3.02. The van der Waals surface area contributed by atoms with Crippen LogP contribution in [0.2, 0.25) is 0 Å². The zero-order valence-corrected chi connectivity index (χ0v) is 21.5. The molecule has 0 saturated heterocycles. The van der Waals surface area contributed by atoms with Crippen LogP contribution in [-0.2, 0) is 35.5 Å². The van der Waals surface area contributed by atoms with Gasteiger partial charge in [-0.1, -0.05) is 58.6 Å². The number of carbonyl (C=O) groups is 2. The number of carboxylic acid groups (broad SMARTS) is 2. The molecule has 6 nitrogen and oxygen atoms in total. The number of allylic oxidation sites excluding steroid dienone is 2. The fraction of sp³-hybridized carbons (Fsp3) is 0.591. The van der Waals surface area contributed by atoms with Gasteiger partial charge in [-0.2, -0.15) is 0 Å². The number of carboxylic acids is 2. The van der Waals surface area contributed by atoms with Gasteiger partial charge in [0.05, 0.1) is 11.9 Å². The zero-order chi connectivity index (χ0) is 21.6. The van der Waals surface area contributed by atoms with Gasteiger partial charge >= 0.3 is 19.5 Å². The minimum absolute atomic E-state index is 0. The molecule has 1 aromatic rings. The summed E-state index contributed by atoms with van der Waals surface area (Å²) in [4.78, 5) is 26.9. The van der Waals surface area contributed by atoms with Gasteiger partial charge in [-0.25, -0.2) is 4.98 Å². The van der Waals surface area contributed by atoms with Crippen molar-refractivity contribution in [3.05, 3.63) is 42.0 Å². The SMILES string of the molecule is CCCCCC=CC(=O)[O-].CCCCCC=CC(=O)[O-].CCc1ncc(C)[nH]1.[Zn+2]. The average molecular weight is 458 g/mol. The predicted molar refractivity (Wildman–Crippen MR) is 109 cm³/mol. The molecular weight excluding hydrogens is 422 g/mol. The molecule has 7 heteroatoms. The van der Waals surface area contributed by atoms with E-state index in [1.807, 2.05) is 13.1 Å².